The fourth-order valence-corrected chi connectivity index (χ4v) is 7.34. The lowest BCUT2D eigenvalue weighted by Crippen LogP contribution is -2.59. The van der Waals surface area contributed by atoms with Gasteiger partial charge in [0.25, 0.3) is 0 Å². The Balaban J connectivity index is 1.21. The van der Waals surface area contributed by atoms with Crippen molar-refractivity contribution in [3.63, 3.8) is 0 Å². The quantitative estimate of drug-likeness (QED) is 0.196. The van der Waals surface area contributed by atoms with Crippen LogP contribution in [0.15, 0.2) is 158 Å². The summed E-state index contributed by atoms with van der Waals surface area (Å²) in [5, 5.41) is 0. The number of aromatic nitrogens is 1. The van der Waals surface area contributed by atoms with Gasteiger partial charge in [-0.05, 0) is 92.7 Å². The average molecular weight is 573 g/mol. The Bertz CT molecular complexity index is 2240. The first-order chi connectivity index (χ1) is 22.2. The Morgan fingerprint density at radius 3 is 1.56 bits per heavy atom. The van der Waals surface area contributed by atoms with Crippen LogP contribution in [-0.4, -0.2) is 11.8 Å². The molecule has 0 fully saturated rings. The summed E-state index contributed by atoms with van der Waals surface area (Å²) in [6.45, 7) is 2.24. The molecule has 0 spiro atoms. The molecule has 0 unspecified atom stereocenters. The minimum Gasteiger partial charge on any atom is -0.376 e. The number of benzene rings is 6. The van der Waals surface area contributed by atoms with E-state index in [-0.39, 0.29) is 6.85 Å². The van der Waals surface area contributed by atoms with Gasteiger partial charge in [0.15, 0.2) is 0 Å². The molecule has 2 aliphatic rings. The Morgan fingerprint density at radius 2 is 0.956 bits per heavy atom. The monoisotopic (exact) mass is 572 g/mol. The molecule has 7 aromatic rings. The van der Waals surface area contributed by atoms with Gasteiger partial charge in [0, 0.05) is 40.5 Å². The zero-order chi connectivity index (χ0) is 29.9. The molecule has 0 saturated carbocycles. The topological polar surface area (TPSA) is 16.1 Å². The molecule has 45 heavy (non-hydrogen) atoms. The highest BCUT2D eigenvalue weighted by Crippen LogP contribution is 2.47. The standard InChI is InChI=1S/C42H29BN2/c1-28-23-24-44-27-38(28)31-17-15-30(16-18-31)33-20-22-42-37(26-33)35-12-6-8-14-40(35)43-39-13-7-5-11-34(39)36-25-32(19-21-41(36)45(42)43)29-9-3-2-4-10-29/h2-27H,1H3. The molecular formula is C42H29BN2. The molecule has 0 saturated heterocycles. The summed E-state index contributed by atoms with van der Waals surface area (Å²) >= 11 is 0. The lowest BCUT2D eigenvalue weighted by Gasteiger charge is -2.43. The molecule has 0 amide bonds. The third kappa shape index (κ3) is 4.08. The highest BCUT2D eigenvalue weighted by atomic mass is 15.1. The summed E-state index contributed by atoms with van der Waals surface area (Å²) in [6.07, 6.45) is 3.80. The van der Waals surface area contributed by atoms with Crippen LogP contribution in [0.2, 0.25) is 0 Å². The number of hydrogen-bond acceptors (Lipinski definition) is 2. The van der Waals surface area contributed by atoms with E-state index in [1.165, 1.54) is 83.5 Å². The van der Waals surface area contributed by atoms with E-state index in [0.29, 0.717) is 0 Å². The summed E-state index contributed by atoms with van der Waals surface area (Å²) < 4.78 is 0. The van der Waals surface area contributed by atoms with E-state index in [9.17, 15) is 0 Å². The van der Waals surface area contributed by atoms with Crippen molar-refractivity contribution in [1.82, 2.24) is 4.98 Å². The van der Waals surface area contributed by atoms with Crippen molar-refractivity contribution >= 4 is 29.1 Å². The number of anilines is 2. The van der Waals surface area contributed by atoms with Crippen LogP contribution in [0.5, 0.6) is 0 Å². The van der Waals surface area contributed by atoms with Gasteiger partial charge in [-0.15, -0.1) is 0 Å². The first-order valence-corrected chi connectivity index (χ1v) is 15.6. The van der Waals surface area contributed by atoms with Crippen LogP contribution < -0.4 is 15.7 Å². The molecule has 2 nitrogen and oxygen atoms in total. The predicted molar refractivity (Wildman–Crippen MR) is 190 cm³/mol. The molecule has 0 N–H and O–H groups in total. The number of rotatable bonds is 3. The Labute approximate surface area is 264 Å². The summed E-state index contributed by atoms with van der Waals surface area (Å²) in [6, 6.07) is 53.5. The minimum absolute atomic E-state index is 0.104. The maximum Gasteiger partial charge on any atom is 0.329 e. The second-order valence-corrected chi connectivity index (χ2v) is 12.0. The van der Waals surface area contributed by atoms with Crippen molar-refractivity contribution in [1.29, 1.82) is 0 Å². The van der Waals surface area contributed by atoms with Crippen molar-refractivity contribution < 1.29 is 0 Å². The smallest absolute Gasteiger partial charge is 0.329 e. The van der Waals surface area contributed by atoms with E-state index in [2.05, 4.69) is 162 Å². The normalized spacial score (nSPS) is 12.5. The van der Waals surface area contributed by atoms with E-state index in [1.807, 2.05) is 12.4 Å². The second kappa shape index (κ2) is 10.2. The van der Waals surface area contributed by atoms with Crippen LogP contribution >= 0.6 is 0 Å². The maximum absolute atomic E-state index is 4.35. The van der Waals surface area contributed by atoms with Gasteiger partial charge in [-0.25, -0.2) is 0 Å². The second-order valence-electron chi connectivity index (χ2n) is 12.0. The van der Waals surface area contributed by atoms with Gasteiger partial charge < -0.3 is 4.81 Å². The molecule has 210 valence electrons. The number of nitrogens with zero attached hydrogens (tertiary/aromatic N) is 2. The molecular weight excluding hydrogens is 543 g/mol. The number of fused-ring (bicyclic) bond motifs is 11. The van der Waals surface area contributed by atoms with Crippen LogP contribution in [-0.2, 0) is 0 Å². The summed E-state index contributed by atoms with van der Waals surface area (Å²) in [7, 11) is 0. The highest BCUT2D eigenvalue weighted by molar-refractivity contribution is 6.92. The largest absolute Gasteiger partial charge is 0.376 e. The van der Waals surface area contributed by atoms with Crippen LogP contribution in [0.1, 0.15) is 5.56 Å². The van der Waals surface area contributed by atoms with E-state index < -0.39 is 0 Å². The molecule has 0 bridgehead atoms. The zero-order valence-electron chi connectivity index (χ0n) is 25.0. The Kier molecular flexibility index (Phi) is 5.85. The highest BCUT2D eigenvalue weighted by Gasteiger charge is 2.42. The SMILES string of the molecule is Cc1ccncc1-c1ccc(-c2ccc3c(c2)-c2ccccc2B2c4ccccc4-c4cc(-c5ccccc5)ccc4N23)cc1. The fourth-order valence-electron chi connectivity index (χ4n) is 7.34. The molecule has 0 atom stereocenters. The van der Waals surface area contributed by atoms with Crippen LogP contribution in [0, 0.1) is 6.92 Å². The molecule has 1 aromatic heterocycles. The number of hydrogen-bond donors (Lipinski definition) is 0. The minimum atomic E-state index is 0.104. The van der Waals surface area contributed by atoms with E-state index >= 15 is 0 Å². The zero-order valence-corrected chi connectivity index (χ0v) is 25.0. The van der Waals surface area contributed by atoms with Gasteiger partial charge in [-0.3, -0.25) is 4.98 Å². The van der Waals surface area contributed by atoms with Crippen LogP contribution in [0.3, 0.4) is 0 Å². The van der Waals surface area contributed by atoms with Crippen molar-refractivity contribution in [3.8, 4) is 55.6 Å². The lowest BCUT2D eigenvalue weighted by molar-refractivity contribution is 1.29. The van der Waals surface area contributed by atoms with Crippen LogP contribution in [0.4, 0.5) is 11.4 Å². The van der Waals surface area contributed by atoms with Gasteiger partial charge in [-0.1, -0.05) is 115 Å². The van der Waals surface area contributed by atoms with Gasteiger partial charge in [0.05, 0.1) is 0 Å². The molecule has 2 aliphatic heterocycles. The average Bonchev–Trinajstić information content (AvgIpc) is 3.11. The first-order valence-electron chi connectivity index (χ1n) is 15.6. The number of pyridine rings is 1. The Morgan fingerprint density at radius 1 is 0.444 bits per heavy atom. The molecule has 6 aromatic carbocycles. The fraction of sp³-hybridized carbons (Fsp3) is 0.0238. The third-order valence-corrected chi connectivity index (χ3v) is 9.54. The predicted octanol–water partition coefficient (Wildman–Crippen LogP) is 9.30. The van der Waals surface area contributed by atoms with E-state index in [4.69, 9.17) is 0 Å². The van der Waals surface area contributed by atoms with Crippen molar-refractivity contribution in [3.05, 3.63) is 164 Å². The molecule has 9 rings (SSSR count). The van der Waals surface area contributed by atoms with E-state index in [0.717, 1.165) is 0 Å². The lowest BCUT2D eigenvalue weighted by atomic mass is 9.43. The van der Waals surface area contributed by atoms with Crippen molar-refractivity contribution in [2.24, 2.45) is 0 Å². The van der Waals surface area contributed by atoms with Crippen molar-refractivity contribution in [2.75, 3.05) is 4.81 Å². The Hall–Kier alpha value is -5.67. The van der Waals surface area contributed by atoms with Crippen LogP contribution in [0.25, 0.3) is 55.6 Å². The molecule has 3 heteroatoms. The first kappa shape index (κ1) is 25.8. The third-order valence-electron chi connectivity index (χ3n) is 9.54. The summed E-state index contributed by atoms with van der Waals surface area (Å²) in [4.78, 5) is 6.92. The van der Waals surface area contributed by atoms with Gasteiger partial charge in [0.1, 0.15) is 0 Å². The number of aryl methyl sites for hydroxylation is 1. The maximum atomic E-state index is 4.35. The van der Waals surface area contributed by atoms with Gasteiger partial charge in [0.2, 0.25) is 0 Å². The summed E-state index contributed by atoms with van der Waals surface area (Å²) in [5.41, 5.74) is 18.8. The van der Waals surface area contributed by atoms with Gasteiger partial charge >= 0.3 is 6.85 Å². The summed E-state index contributed by atoms with van der Waals surface area (Å²) in [5.74, 6) is 0. The molecule has 0 radical (unpaired) electrons. The molecule has 3 heterocycles. The van der Waals surface area contributed by atoms with Gasteiger partial charge in [-0.2, -0.15) is 0 Å². The van der Waals surface area contributed by atoms with E-state index in [1.54, 1.807) is 0 Å². The van der Waals surface area contributed by atoms with Crippen molar-refractivity contribution in [2.45, 2.75) is 6.92 Å². The molecule has 0 aliphatic carbocycles.